The van der Waals surface area contributed by atoms with Gasteiger partial charge in [-0.3, -0.25) is 4.79 Å². The second-order valence-corrected chi connectivity index (χ2v) is 8.78. The van der Waals surface area contributed by atoms with E-state index in [0.29, 0.717) is 16.9 Å². The van der Waals surface area contributed by atoms with Crippen LogP contribution >= 0.6 is 0 Å². The fourth-order valence-electron chi connectivity index (χ4n) is 3.95. The molecule has 0 aromatic heterocycles. The summed E-state index contributed by atoms with van der Waals surface area (Å²) in [6.45, 7) is 7.01. The largest absolute Gasteiger partial charge is 0.423 e. The molecule has 0 saturated heterocycles. The van der Waals surface area contributed by atoms with Crippen molar-refractivity contribution in [2.75, 3.05) is 7.11 Å². The van der Waals surface area contributed by atoms with Gasteiger partial charge in [-0.2, -0.15) is 0 Å². The fourth-order valence-corrected chi connectivity index (χ4v) is 3.95. The molecule has 0 N–H and O–H groups in total. The van der Waals surface area contributed by atoms with Crippen molar-refractivity contribution >= 4 is 11.8 Å². The van der Waals surface area contributed by atoms with Gasteiger partial charge >= 0.3 is 5.97 Å². The Kier molecular flexibility index (Phi) is 7.28. The van der Waals surface area contributed by atoms with E-state index in [0.717, 1.165) is 27.8 Å². The summed E-state index contributed by atoms with van der Waals surface area (Å²) in [7, 11) is 1.56. The first kappa shape index (κ1) is 24.8. The van der Waals surface area contributed by atoms with E-state index in [1.54, 1.807) is 33.1 Å². The smallest absolute Gasteiger partial charge is 0.338 e. The van der Waals surface area contributed by atoms with Crippen molar-refractivity contribution in [3.63, 3.8) is 0 Å². The van der Waals surface area contributed by atoms with Crippen LogP contribution in [-0.2, 0) is 15.1 Å². The number of methoxy groups -OCH3 is 1. The molecule has 1 unspecified atom stereocenters. The summed E-state index contributed by atoms with van der Waals surface area (Å²) in [5.41, 5.74) is 4.83. The maximum Gasteiger partial charge on any atom is 0.338 e. The molecule has 0 saturated carbocycles. The van der Waals surface area contributed by atoms with Gasteiger partial charge in [-0.25, -0.2) is 4.79 Å². The second-order valence-electron chi connectivity index (χ2n) is 8.78. The molecule has 36 heavy (non-hydrogen) atoms. The van der Waals surface area contributed by atoms with Gasteiger partial charge in [0.05, 0.1) is 0 Å². The number of ether oxygens (including phenoxy) is 2. The molecule has 0 bridgehead atoms. The van der Waals surface area contributed by atoms with Crippen molar-refractivity contribution in [1.29, 1.82) is 0 Å². The van der Waals surface area contributed by atoms with E-state index in [2.05, 4.69) is 6.58 Å². The standard InChI is InChI=1S/C32H28O4/c1-22(2)31(34)36-29-20-18-26(19-21-29)24-12-10-23(11-13-24)25-14-16-27(17-15-25)30(33)32(3,35-4)28-8-6-5-7-9-28/h5-21H,1H2,2-4H3. The molecule has 0 amide bonds. The van der Waals surface area contributed by atoms with Gasteiger partial charge in [0.25, 0.3) is 0 Å². The molecule has 1 atom stereocenters. The normalized spacial score (nSPS) is 12.4. The summed E-state index contributed by atoms with van der Waals surface area (Å²) in [6, 6.07) is 32.7. The number of hydrogen-bond acceptors (Lipinski definition) is 4. The summed E-state index contributed by atoms with van der Waals surface area (Å²) < 4.78 is 10.9. The van der Waals surface area contributed by atoms with Crippen molar-refractivity contribution in [2.24, 2.45) is 0 Å². The zero-order chi connectivity index (χ0) is 25.7. The molecule has 4 nitrogen and oxygen atoms in total. The Bertz CT molecular complexity index is 1370. The van der Waals surface area contributed by atoms with E-state index in [4.69, 9.17) is 9.47 Å². The van der Waals surface area contributed by atoms with Gasteiger partial charge in [-0.05, 0) is 53.8 Å². The van der Waals surface area contributed by atoms with E-state index in [9.17, 15) is 9.59 Å². The molecule has 4 aromatic carbocycles. The minimum absolute atomic E-state index is 0.0875. The second kappa shape index (κ2) is 10.5. The van der Waals surface area contributed by atoms with Crippen LogP contribution in [0.3, 0.4) is 0 Å². The molecule has 0 spiro atoms. The SMILES string of the molecule is C=C(C)C(=O)Oc1ccc(-c2ccc(-c3ccc(C(=O)C(C)(OC)c4ccccc4)cc3)cc2)cc1. The Labute approximate surface area is 211 Å². The highest BCUT2D eigenvalue weighted by Gasteiger charge is 2.35. The number of carbonyl (C=O) groups is 2. The topological polar surface area (TPSA) is 52.6 Å². The predicted octanol–water partition coefficient (Wildman–Crippen LogP) is 7.25. The Balaban J connectivity index is 1.49. The molecule has 4 heteroatoms. The number of carbonyl (C=O) groups excluding carboxylic acids is 2. The van der Waals surface area contributed by atoms with Crippen LogP contribution in [-0.4, -0.2) is 18.9 Å². The lowest BCUT2D eigenvalue weighted by molar-refractivity contribution is -0.130. The average Bonchev–Trinajstić information content (AvgIpc) is 2.93. The first-order valence-electron chi connectivity index (χ1n) is 11.7. The number of ketones is 1. The Hall–Kier alpha value is -4.28. The lowest BCUT2D eigenvalue weighted by Gasteiger charge is -2.27. The van der Waals surface area contributed by atoms with Gasteiger partial charge in [-0.15, -0.1) is 0 Å². The minimum Gasteiger partial charge on any atom is -0.423 e. The van der Waals surface area contributed by atoms with Crippen molar-refractivity contribution in [3.05, 3.63) is 126 Å². The summed E-state index contributed by atoms with van der Waals surface area (Å²) in [5.74, 6) is -0.0444. The van der Waals surface area contributed by atoms with Gasteiger partial charge < -0.3 is 9.47 Å². The molecule has 0 fully saturated rings. The number of esters is 1. The van der Waals surface area contributed by atoms with E-state index in [1.807, 2.05) is 91.0 Å². The first-order valence-corrected chi connectivity index (χ1v) is 11.7. The lowest BCUT2D eigenvalue weighted by Crippen LogP contribution is -2.34. The molecule has 4 rings (SSSR count). The number of hydrogen-bond donors (Lipinski definition) is 0. The molecule has 0 aliphatic carbocycles. The monoisotopic (exact) mass is 476 g/mol. The third-order valence-corrected chi connectivity index (χ3v) is 6.28. The van der Waals surface area contributed by atoms with Crippen molar-refractivity contribution in [3.8, 4) is 28.0 Å². The third-order valence-electron chi connectivity index (χ3n) is 6.28. The van der Waals surface area contributed by atoms with Crippen LogP contribution in [0, 0.1) is 0 Å². The molecular formula is C32H28O4. The number of Topliss-reactive ketones (excluding diaryl/α,β-unsaturated/α-hetero) is 1. The van der Waals surface area contributed by atoms with Gasteiger partial charge in [0.15, 0.2) is 11.4 Å². The Morgan fingerprint density at radius 2 is 1.14 bits per heavy atom. The zero-order valence-corrected chi connectivity index (χ0v) is 20.7. The van der Waals surface area contributed by atoms with Gasteiger partial charge in [0.2, 0.25) is 0 Å². The average molecular weight is 477 g/mol. The van der Waals surface area contributed by atoms with Crippen LogP contribution in [0.15, 0.2) is 115 Å². The van der Waals surface area contributed by atoms with Crippen LogP contribution in [0.25, 0.3) is 22.3 Å². The molecule has 0 radical (unpaired) electrons. The molecule has 0 aliphatic rings. The van der Waals surface area contributed by atoms with E-state index in [-0.39, 0.29) is 5.78 Å². The van der Waals surface area contributed by atoms with Crippen LogP contribution in [0.4, 0.5) is 0 Å². The van der Waals surface area contributed by atoms with Gasteiger partial charge in [0, 0.05) is 18.2 Å². The summed E-state index contributed by atoms with van der Waals surface area (Å²) in [6.07, 6.45) is 0. The van der Waals surface area contributed by atoms with Crippen molar-refractivity contribution in [1.82, 2.24) is 0 Å². The number of rotatable bonds is 8. The first-order chi connectivity index (χ1) is 17.3. The zero-order valence-electron chi connectivity index (χ0n) is 20.7. The summed E-state index contributed by atoms with van der Waals surface area (Å²) >= 11 is 0. The van der Waals surface area contributed by atoms with Crippen molar-refractivity contribution < 1.29 is 19.1 Å². The highest BCUT2D eigenvalue weighted by molar-refractivity contribution is 6.03. The van der Waals surface area contributed by atoms with Crippen LogP contribution < -0.4 is 4.74 Å². The third kappa shape index (κ3) is 5.19. The number of benzene rings is 4. The van der Waals surface area contributed by atoms with Gasteiger partial charge in [-0.1, -0.05) is 97.6 Å². The van der Waals surface area contributed by atoms with E-state index in [1.165, 1.54) is 0 Å². The molecule has 0 aliphatic heterocycles. The van der Waals surface area contributed by atoms with Crippen LogP contribution in [0.1, 0.15) is 29.8 Å². The van der Waals surface area contributed by atoms with Crippen molar-refractivity contribution in [2.45, 2.75) is 19.4 Å². The van der Waals surface area contributed by atoms with E-state index >= 15 is 0 Å². The summed E-state index contributed by atoms with van der Waals surface area (Å²) in [5, 5.41) is 0. The highest BCUT2D eigenvalue weighted by Crippen LogP contribution is 2.31. The van der Waals surface area contributed by atoms with Crippen LogP contribution in [0.2, 0.25) is 0 Å². The molecule has 180 valence electrons. The van der Waals surface area contributed by atoms with Crippen LogP contribution in [0.5, 0.6) is 5.75 Å². The van der Waals surface area contributed by atoms with Gasteiger partial charge in [0.1, 0.15) is 5.75 Å². The Morgan fingerprint density at radius 3 is 1.58 bits per heavy atom. The Morgan fingerprint density at radius 1 is 0.694 bits per heavy atom. The molecule has 4 aromatic rings. The quantitative estimate of drug-likeness (QED) is 0.116. The maximum atomic E-state index is 13.3. The minimum atomic E-state index is -1.05. The molecule has 0 heterocycles. The molecular weight excluding hydrogens is 448 g/mol. The fraction of sp³-hybridized carbons (Fsp3) is 0.125. The lowest BCUT2D eigenvalue weighted by atomic mass is 9.87. The van der Waals surface area contributed by atoms with E-state index < -0.39 is 11.6 Å². The highest BCUT2D eigenvalue weighted by atomic mass is 16.5. The predicted molar refractivity (Wildman–Crippen MR) is 143 cm³/mol. The summed E-state index contributed by atoms with van der Waals surface area (Å²) in [4.78, 5) is 25.0. The maximum absolute atomic E-state index is 13.3.